The standard InChI is InChI=1S/C12H22Si/c1-7-12(6)8-9-13(10(2)3)11(4)5/h10-11,13H,6-7H2,1-5H3. The van der Waals surface area contributed by atoms with Crippen molar-refractivity contribution in [2.75, 3.05) is 0 Å². The molecule has 13 heavy (non-hydrogen) atoms. The van der Waals surface area contributed by atoms with E-state index in [1.165, 1.54) is 0 Å². The minimum absolute atomic E-state index is 0.775. The number of hydrogen-bond acceptors (Lipinski definition) is 0. The van der Waals surface area contributed by atoms with Crippen molar-refractivity contribution in [3.63, 3.8) is 0 Å². The molecule has 0 aromatic carbocycles. The first-order valence-corrected chi connectivity index (χ1v) is 7.09. The zero-order valence-electron chi connectivity index (χ0n) is 9.65. The molecule has 0 N–H and O–H groups in total. The maximum Gasteiger partial charge on any atom is 0.128 e. The van der Waals surface area contributed by atoms with Crippen LogP contribution in [0, 0.1) is 11.5 Å². The lowest BCUT2D eigenvalue weighted by Crippen LogP contribution is -2.18. The van der Waals surface area contributed by atoms with Crippen LogP contribution in [0.5, 0.6) is 0 Å². The molecular weight excluding hydrogens is 172 g/mol. The highest BCUT2D eigenvalue weighted by molar-refractivity contribution is 6.70. The smallest absolute Gasteiger partial charge is 0.128 e. The average molecular weight is 194 g/mol. The summed E-state index contributed by atoms with van der Waals surface area (Å²) in [5.41, 5.74) is 6.09. The summed E-state index contributed by atoms with van der Waals surface area (Å²) in [4.78, 5) is 0. The van der Waals surface area contributed by atoms with Gasteiger partial charge >= 0.3 is 0 Å². The van der Waals surface area contributed by atoms with Gasteiger partial charge in [0.25, 0.3) is 0 Å². The lowest BCUT2D eigenvalue weighted by Gasteiger charge is -2.16. The first-order valence-electron chi connectivity index (χ1n) is 5.18. The van der Waals surface area contributed by atoms with Crippen LogP contribution in [-0.4, -0.2) is 8.80 Å². The quantitative estimate of drug-likeness (QED) is 0.476. The SMILES string of the molecule is C=C(C#C[SiH](C(C)C)C(C)C)CC. The van der Waals surface area contributed by atoms with Crippen LogP contribution < -0.4 is 0 Å². The van der Waals surface area contributed by atoms with Crippen LogP contribution in [0.15, 0.2) is 12.2 Å². The van der Waals surface area contributed by atoms with Gasteiger partial charge in [-0.25, -0.2) is 0 Å². The molecule has 0 saturated carbocycles. The number of hydrogen-bond donors (Lipinski definition) is 0. The molecule has 0 amide bonds. The molecule has 0 rings (SSSR count). The van der Waals surface area contributed by atoms with E-state index in [2.05, 4.69) is 52.7 Å². The Bertz CT molecular complexity index is 207. The van der Waals surface area contributed by atoms with Crippen LogP contribution in [0.25, 0.3) is 0 Å². The fourth-order valence-corrected chi connectivity index (χ4v) is 3.95. The minimum atomic E-state index is -0.872. The Balaban J connectivity index is 4.39. The molecule has 74 valence electrons. The summed E-state index contributed by atoms with van der Waals surface area (Å²) in [7, 11) is -0.872. The molecule has 0 fully saturated rings. The van der Waals surface area contributed by atoms with Crippen LogP contribution in [0.3, 0.4) is 0 Å². The third-order valence-electron chi connectivity index (χ3n) is 2.28. The number of allylic oxidation sites excluding steroid dienone is 1. The Morgan fingerprint density at radius 2 is 1.69 bits per heavy atom. The van der Waals surface area contributed by atoms with Gasteiger partial charge in [0.2, 0.25) is 0 Å². The molecule has 0 atom stereocenters. The van der Waals surface area contributed by atoms with E-state index in [0.29, 0.717) is 0 Å². The van der Waals surface area contributed by atoms with Gasteiger partial charge in [-0.2, -0.15) is 0 Å². The Morgan fingerprint density at radius 3 is 2.00 bits per heavy atom. The van der Waals surface area contributed by atoms with Crippen LogP contribution in [0.4, 0.5) is 0 Å². The summed E-state index contributed by atoms with van der Waals surface area (Å²) < 4.78 is 0. The van der Waals surface area contributed by atoms with Gasteiger partial charge in [0.15, 0.2) is 0 Å². The zero-order chi connectivity index (χ0) is 10.4. The van der Waals surface area contributed by atoms with E-state index in [0.717, 1.165) is 23.1 Å². The van der Waals surface area contributed by atoms with Crippen LogP contribution in [0.2, 0.25) is 11.1 Å². The van der Waals surface area contributed by atoms with E-state index in [9.17, 15) is 0 Å². The highest BCUT2D eigenvalue weighted by Crippen LogP contribution is 2.18. The highest BCUT2D eigenvalue weighted by Gasteiger charge is 2.16. The molecule has 0 spiro atoms. The van der Waals surface area contributed by atoms with E-state index in [1.807, 2.05) is 0 Å². The van der Waals surface area contributed by atoms with Crippen LogP contribution in [-0.2, 0) is 0 Å². The topological polar surface area (TPSA) is 0 Å². The first kappa shape index (κ1) is 12.5. The van der Waals surface area contributed by atoms with Crippen molar-refractivity contribution in [3.8, 4) is 11.5 Å². The van der Waals surface area contributed by atoms with Crippen molar-refractivity contribution >= 4 is 8.80 Å². The predicted molar refractivity (Wildman–Crippen MR) is 64.6 cm³/mol. The van der Waals surface area contributed by atoms with Crippen molar-refractivity contribution < 1.29 is 0 Å². The molecule has 0 aliphatic rings. The normalized spacial score (nSPS) is 10.5. The fraction of sp³-hybridized carbons (Fsp3) is 0.667. The lowest BCUT2D eigenvalue weighted by atomic mass is 10.3. The van der Waals surface area contributed by atoms with E-state index in [4.69, 9.17) is 0 Å². The molecular formula is C12H22Si. The Hall–Kier alpha value is -0.483. The molecule has 0 aromatic heterocycles. The van der Waals surface area contributed by atoms with Gasteiger partial charge < -0.3 is 0 Å². The molecule has 0 saturated heterocycles. The zero-order valence-corrected chi connectivity index (χ0v) is 10.8. The van der Waals surface area contributed by atoms with E-state index in [-0.39, 0.29) is 0 Å². The molecule has 0 aliphatic heterocycles. The van der Waals surface area contributed by atoms with Crippen molar-refractivity contribution in [1.29, 1.82) is 0 Å². The summed E-state index contributed by atoms with van der Waals surface area (Å²) in [6, 6.07) is 0. The third-order valence-corrected chi connectivity index (χ3v) is 5.63. The molecule has 0 heterocycles. The second kappa shape index (κ2) is 6.04. The second-order valence-corrected chi connectivity index (χ2v) is 8.25. The van der Waals surface area contributed by atoms with Gasteiger partial charge in [-0.3, -0.25) is 0 Å². The van der Waals surface area contributed by atoms with Gasteiger partial charge in [-0.05, 0) is 23.1 Å². The van der Waals surface area contributed by atoms with Gasteiger partial charge in [0.05, 0.1) is 0 Å². The van der Waals surface area contributed by atoms with Gasteiger partial charge in [-0.15, -0.1) is 5.54 Å². The van der Waals surface area contributed by atoms with Gasteiger partial charge in [0.1, 0.15) is 8.80 Å². The first-order chi connectivity index (χ1) is 5.99. The number of rotatable bonds is 3. The average Bonchev–Trinajstić information content (AvgIpc) is 2.03. The highest BCUT2D eigenvalue weighted by atomic mass is 28.3. The van der Waals surface area contributed by atoms with Crippen LogP contribution in [0.1, 0.15) is 41.0 Å². The maximum atomic E-state index is 3.91. The Kier molecular flexibility index (Phi) is 5.82. The predicted octanol–water partition coefficient (Wildman–Crippen LogP) is 3.54. The van der Waals surface area contributed by atoms with Crippen LogP contribution >= 0.6 is 0 Å². The van der Waals surface area contributed by atoms with E-state index >= 15 is 0 Å². The van der Waals surface area contributed by atoms with Crippen molar-refractivity contribution in [2.24, 2.45) is 0 Å². The molecule has 0 nitrogen and oxygen atoms in total. The van der Waals surface area contributed by atoms with E-state index < -0.39 is 8.80 Å². The second-order valence-electron chi connectivity index (χ2n) is 4.24. The largest absolute Gasteiger partial charge is 0.130 e. The third kappa shape index (κ3) is 4.95. The monoisotopic (exact) mass is 194 g/mol. The Morgan fingerprint density at radius 1 is 1.23 bits per heavy atom. The van der Waals surface area contributed by atoms with Gasteiger partial charge in [0, 0.05) is 0 Å². The summed E-state index contributed by atoms with van der Waals surface area (Å²) in [6.45, 7) is 15.2. The maximum absolute atomic E-state index is 3.91. The summed E-state index contributed by atoms with van der Waals surface area (Å²) in [5.74, 6) is 3.21. The molecule has 0 unspecified atom stereocenters. The molecule has 0 bridgehead atoms. The van der Waals surface area contributed by atoms with E-state index in [1.54, 1.807) is 0 Å². The lowest BCUT2D eigenvalue weighted by molar-refractivity contribution is 0.954. The Labute approximate surface area is 85.0 Å². The summed E-state index contributed by atoms with van der Waals surface area (Å²) >= 11 is 0. The fourth-order valence-electron chi connectivity index (χ4n) is 1.38. The molecule has 0 aliphatic carbocycles. The molecule has 1 heteroatoms. The van der Waals surface area contributed by atoms with Crippen molar-refractivity contribution in [1.82, 2.24) is 0 Å². The summed E-state index contributed by atoms with van der Waals surface area (Å²) in [6.07, 6.45) is 0.990. The minimum Gasteiger partial charge on any atom is -0.130 e. The van der Waals surface area contributed by atoms with Gasteiger partial charge in [-0.1, -0.05) is 47.1 Å². The van der Waals surface area contributed by atoms with Crippen molar-refractivity contribution in [3.05, 3.63) is 12.2 Å². The summed E-state index contributed by atoms with van der Waals surface area (Å²) in [5, 5.41) is 0. The molecule has 0 aromatic rings. The van der Waals surface area contributed by atoms with Crippen molar-refractivity contribution in [2.45, 2.75) is 52.1 Å². The molecule has 0 radical (unpaired) electrons.